The topological polar surface area (TPSA) is 99.4 Å². The van der Waals surface area contributed by atoms with Gasteiger partial charge in [0.2, 0.25) is 0 Å². The summed E-state index contributed by atoms with van der Waals surface area (Å²) in [6.45, 7) is -3.37. The second kappa shape index (κ2) is 9.22. The van der Waals surface area contributed by atoms with E-state index in [0.29, 0.717) is 5.56 Å². The van der Waals surface area contributed by atoms with E-state index in [4.69, 9.17) is 27.9 Å². The molecular weight excluding hydrogens is 384 g/mol. The summed E-state index contributed by atoms with van der Waals surface area (Å²) in [6, 6.07) is 9.89. The van der Waals surface area contributed by atoms with Gasteiger partial charge >= 0.3 is 0 Å². The number of hydrogen-bond donors (Lipinski definition) is 4. The van der Waals surface area contributed by atoms with Gasteiger partial charge in [-0.15, -0.1) is 0 Å². The first-order valence-corrected chi connectivity index (χ1v) is 8.98. The summed E-state index contributed by atoms with van der Waals surface area (Å²) in [5.41, 5.74) is 0.529. The van der Waals surface area contributed by atoms with Gasteiger partial charge in [0, 0.05) is 9.13 Å². The molecule has 28 heavy (non-hydrogen) atoms. The Morgan fingerprint density at radius 1 is 1.11 bits per heavy atom. The Kier molecular flexibility index (Phi) is 5.01. The highest BCUT2D eigenvalue weighted by atomic mass is 35.5. The van der Waals surface area contributed by atoms with E-state index in [0.717, 1.165) is 0 Å². The minimum atomic E-state index is -2.18. The Bertz CT molecular complexity index is 959. The van der Waals surface area contributed by atoms with Gasteiger partial charge < -0.3 is 29.9 Å². The Hall–Kier alpha value is -1.67. The molecular formula is C21H25ClO6. The highest BCUT2D eigenvalue weighted by molar-refractivity contribution is 6.31. The lowest BCUT2D eigenvalue weighted by Gasteiger charge is -2.40. The van der Waals surface area contributed by atoms with Crippen LogP contribution in [-0.2, 0) is 11.1 Å². The Morgan fingerprint density at radius 2 is 1.86 bits per heavy atom. The molecule has 152 valence electrons. The molecule has 4 N–H and O–H groups in total. The summed E-state index contributed by atoms with van der Waals surface area (Å²) in [7, 11) is 0. The first-order chi connectivity index (χ1) is 15.4. The highest BCUT2D eigenvalue weighted by Gasteiger charge is 2.43. The van der Waals surface area contributed by atoms with E-state index in [-0.39, 0.29) is 21.9 Å². The van der Waals surface area contributed by atoms with Crippen LogP contribution in [0, 0.1) is 0 Å². The van der Waals surface area contributed by atoms with Crippen molar-refractivity contribution in [2.75, 3.05) is 13.2 Å². The molecule has 2 aromatic rings. The first kappa shape index (κ1) is 15.2. The van der Waals surface area contributed by atoms with Gasteiger partial charge in [0.05, 0.1) is 15.9 Å². The third kappa shape index (κ3) is 4.49. The molecule has 6 nitrogen and oxygen atoms in total. The number of aliphatic hydroxyl groups excluding tert-OH is 4. The van der Waals surface area contributed by atoms with Gasteiger partial charge in [0.25, 0.3) is 0 Å². The molecule has 0 spiro atoms. The predicted molar refractivity (Wildman–Crippen MR) is 105 cm³/mol. The van der Waals surface area contributed by atoms with Crippen molar-refractivity contribution < 1.29 is 36.8 Å². The van der Waals surface area contributed by atoms with Gasteiger partial charge in [-0.1, -0.05) is 35.9 Å². The summed E-state index contributed by atoms with van der Waals surface area (Å²) in [4.78, 5) is 0. The molecule has 0 aromatic heterocycles. The van der Waals surface area contributed by atoms with Crippen LogP contribution in [0.15, 0.2) is 42.5 Å². The third-order valence-corrected chi connectivity index (χ3v) is 4.86. The second-order valence-electron chi connectivity index (χ2n) is 6.38. The molecule has 5 atom stereocenters. The second-order valence-corrected chi connectivity index (χ2v) is 6.79. The van der Waals surface area contributed by atoms with Crippen molar-refractivity contribution in [1.29, 1.82) is 0 Å². The number of ether oxygens (including phenoxy) is 2. The molecule has 1 aliphatic rings. The van der Waals surface area contributed by atoms with E-state index in [1.807, 2.05) is 0 Å². The SMILES string of the molecule is [2H]CC([2H])([2H])Oc1ccc(C([2H])([2H])c2cc([C@@H]3O[C@H](CO)[C@@H](O)[C@H](O)[C@H]3O)ccc2Cl)cc1. The Morgan fingerprint density at radius 3 is 2.54 bits per heavy atom. The minimum absolute atomic E-state index is 0.0498. The molecule has 1 heterocycles. The maximum Gasteiger partial charge on any atom is 0.119 e. The molecule has 0 aliphatic carbocycles. The average molecular weight is 414 g/mol. The van der Waals surface area contributed by atoms with Crippen LogP contribution >= 0.6 is 11.6 Å². The van der Waals surface area contributed by atoms with E-state index >= 15 is 0 Å². The van der Waals surface area contributed by atoms with Crippen LogP contribution in [-0.4, -0.2) is 58.0 Å². The van der Waals surface area contributed by atoms with E-state index in [1.54, 1.807) is 0 Å². The summed E-state index contributed by atoms with van der Waals surface area (Å²) in [6.07, 6.45) is -8.98. The minimum Gasteiger partial charge on any atom is -0.494 e. The van der Waals surface area contributed by atoms with Gasteiger partial charge in [-0.25, -0.2) is 0 Å². The molecule has 2 aromatic carbocycles. The van der Waals surface area contributed by atoms with Crippen LogP contribution in [0.1, 0.15) is 36.5 Å². The lowest BCUT2D eigenvalue weighted by atomic mass is 9.90. The van der Waals surface area contributed by atoms with Crippen LogP contribution in [0.2, 0.25) is 5.02 Å². The van der Waals surface area contributed by atoms with Crippen LogP contribution < -0.4 is 4.74 Å². The number of halogens is 1. The summed E-state index contributed by atoms with van der Waals surface area (Å²) < 4.78 is 50.2. The normalized spacial score (nSPS) is 31.2. The molecule has 1 aliphatic heterocycles. The van der Waals surface area contributed by atoms with E-state index in [1.165, 1.54) is 42.5 Å². The predicted octanol–water partition coefficient (Wildman–Crippen LogP) is 1.84. The van der Waals surface area contributed by atoms with Gasteiger partial charge in [-0.2, -0.15) is 0 Å². The maximum atomic E-state index is 10.4. The molecule has 0 unspecified atom stereocenters. The van der Waals surface area contributed by atoms with Crippen LogP contribution in [0.3, 0.4) is 0 Å². The standard InChI is InChI=1S/C21H25ClO6/c1-2-27-15-6-3-12(4-7-15)9-14-10-13(5-8-16(14)22)21-20(26)19(25)18(24)17(11-23)28-21/h3-8,10,17-21,23-26H,2,9,11H2,1H3/t17-,18-,19+,20-,21+/m1/s1/i1D,2D2,9D2. The number of benzene rings is 2. The van der Waals surface area contributed by atoms with Crippen molar-refractivity contribution in [3.05, 3.63) is 64.2 Å². The molecule has 0 radical (unpaired) electrons. The molecule has 0 bridgehead atoms. The lowest BCUT2D eigenvalue weighted by Crippen LogP contribution is -2.55. The van der Waals surface area contributed by atoms with Gasteiger partial charge in [-0.3, -0.25) is 0 Å². The first-order valence-electron chi connectivity index (χ1n) is 11.3. The van der Waals surface area contributed by atoms with Crippen molar-refractivity contribution in [3.63, 3.8) is 0 Å². The zero-order chi connectivity index (χ0) is 24.6. The van der Waals surface area contributed by atoms with E-state index in [9.17, 15) is 20.4 Å². The van der Waals surface area contributed by atoms with Crippen LogP contribution in [0.25, 0.3) is 0 Å². The molecule has 3 rings (SSSR count). The smallest absolute Gasteiger partial charge is 0.119 e. The summed E-state index contributed by atoms with van der Waals surface area (Å²) >= 11 is 6.28. The van der Waals surface area contributed by atoms with Crippen molar-refractivity contribution in [1.82, 2.24) is 0 Å². The summed E-state index contributed by atoms with van der Waals surface area (Å²) in [5, 5.41) is 40.0. The third-order valence-electron chi connectivity index (χ3n) is 4.53. The Balaban J connectivity index is 1.92. The average Bonchev–Trinajstić information content (AvgIpc) is 2.78. The van der Waals surface area contributed by atoms with Gasteiger partial charge in [-0.05, 0) is 48.2 Å². The Labute approximate surface area is 175 Å². The number of aliphatic hydroxyl groups is 4. The highest BCUT2D eigenvalue weighted by Crippen LogP contribution is 2.34. The fraction of sp³-hybridized carbons (Fsp3) is 0.429. The monoisotopic (exact) mass is 413 g/mol. The quantitative estimate of drug-likeness (QED) is 0.576. The molecule has 7 heteroatoms. The van der Waals surface area contributed by atoms with Crippen molar-refractivity contribution in [2.45, 2.75) is 43.8 Å². The largest absolute Gasteiger partial charge is 0.494 e. The fourth-order valence-corrected chi connectivity index (χ4v) is 3.20. The van der Waals surface area contributed by atoms with Crippen LogP contribution in [0.5, 0.6) is 5.75 Å². The van der Waals surface area contributed by atoms with E-state index in [2.05, 4.69) is 0 Å². The van der Waals surface area contributed by atoms with E-state index < -0.39 is 57.0 Å². The lowest BCUT2D eigenvalue weighted by molar-refractivity contribution is -0.231. The van der Waals surface area contributed by atoms with Crippen molar-refractivity contribution in [3.8, 4) is 5.75 Å². The number of hydrogen-bond acceptors (Lipinski definition) is 6. The zero-order valence-corrected chi connectivity index (χ0v) is 15.6. The number of rotatable bonds is 6. The zero-order valence-electron chi connectivity index (χ0n) is 19.8. The summed E-state index contributed by atoms with van der Waals surface area (Å²) in [5.74, 6) is 0.132. The van der Waals surface area contributed by atoms with Crippen molar-refractivity contribution >= 4 is 11.6 Å². The van der Waals surface area contributed by atoms with Crippen molar-refractivity contribution in [2.24, 2.45) is 0 Å². The van der Waals surface area contributed by atoms with Gasteiger partial charge in [0.15, 0.2) is 0 Å². The molecule has 1 saturated heterocycles. The molecule has 0 saturated carbocycles. The fourth-order valence-electron chi connectivity index (χ4n) is 3.04. The maximum absolute atomic E-state index is 10.4. The van der Waals surface area contributed by atoms with Gasteiger partial charge in [0.1, 0.15) is 36.3 Å². The molecule has 0 amide bonds. The molecule has 1 fully saturated rings. The van der Waals surface area contributed by atoms with Crippen LogP contribution in [0.4, 0.5) is 0 Å².